The van der Waals surface area contributed by atoms with Gasteiger partial charge in [-0.3, -0.25) is 0 Å². The Morgan fingerprint density at radius 1 is 1.30 bits per heavy atom. The number of nitrogens with one attached hydrogen (secondary N) is 2. The fourth-order valence-corrected chi connectivity index (χ4v) is 4.82. The number of nitrogens with zero attached hydrogens (tertiary/aromatic N) is 4. The van der Waals surface area contributed by atoms with Crippen molar-refractivity contribution >= 4 is 27.9 Å². The van der Waals surface area contributed by atoms with Gasteiger partial charge >= 0.3 is 6.18 Å². The van der Waals surface area contributed by atoms with Gasteiger partial charge in [0.2, 0.25) is 0 Å². The molecule has 1 aliphatic rings. The molecule has 1 fully saturated rings. The lowest BCUT2D eigenvalue weighted by Gasteiger charge is -2.33. The molecule has 1 saturated heterocycles. The van der Waals surface area contributed by atoms with Crippen LogP contribution in [-0.4, -0.2) is 58.2 Å². The van der Waals surface area contributed by atoms with E-state index in [1.54, 1.807) is 24.3 Å². The minimum absolute atomic E-state index is 0.319. The summed E-state index contributed by atoms with van der Waals surface area (Å²) in [7, 11) is 1.87. The molecular formula is C22H26F4N6S. The van der Waals surface area contributed by atoms with E-state index in [4.69, 9.17) is 0 Å². The first-order valence-electron chi connectivity index (χ1n) is 10.6. The van der Waals surface area contributed by atoms with Crippen molar-refractivity contribution in [3.63, 3.8) is 0 Å². The van der Waals surface area contributed by atoms with E-state index in [1.807, 2.05) is 18.9 Å². The van der Waals surface area contributed by atoms with Crippen molar-refractivity contribution in [2.24, 2.45) is 0 Å². The van der Waals surface area contributed by atoms with Crippen LogP contribution in [0.25, 0.3) is 21.6 Å². The molecule has 2 N–H and O–H groups in total. The molecule has 178 valence electrons. The van der Waals surface area contributed by atoms with E-state index in [9.17, 15) is 17.6 Å². The van der Waals surface area contributed by atoms with E-state index in [0.29, 0.717) is 51.8 Å². The molecule has 0 aliphatic carbocycles. The molecule has 3 aromatic rings. The number of likely N-dealkylation sites (tertiary alicyclic amines) is 1. The Labute approximate surface area is 193 Å². The van der Waals surface area contributed by atoms with E-state index < -0.39 is 24.9 Å². The molecule has 0 saturated carbocycles. The molecule has 3 heterocycles. The molecule has 0 radical (unpaired) electrons. The topological polar surface area (TPSA) is 58.0 Å². The zero-order chi connectivity index (χ0) is 23.8. The summed E-state index contributed by atoms with van der Waals surface area (Å²) >= 11 is 1.23. The number of halogens is 4. The standard InChI is InChI=1S/C22H26F4N6S/c1-13(2)27-10-20-29-30-21(33-20)19-9-14-16(28-17-7-8-31(3)11-15(17)23)5-4-6-18(14)32(19)12-22(24,25)26/h4-6,9,15,17,27-28H,1,7-8,10-12H2,2-3H3/t15-,17+/m1/s1. The molecule has 1 aromatic carbocycles. The monoisotopic (exact) mass is 482 g/mol. The van der Waals surface area contributed by atoms with Crippen LogP contribution in [0.1, 0.15) is 18.4 Å². The fourth-order valence-electron chi connectivity index (χ4n) is 4.01. The Morgan fingerprint density at radius 3 is 2.79 bits per heavy atom. The van der Waals surface area contributed by atoms with Gasteiger partial charge in [-0.1, -0.05) is 24.0 Å². The average Bonchev–Trinajstić information content (AvgIpc) is 3.33. The second-order valence-electron chi connectivity index (χ2n) is 8.42. The molecular weight excluding hydrogens is 456 g/mol. The van der Waals surface area contributed by atoms with Crippen LogP contribution in [-0.2, 0) is 13.1 Å². The molecule has 0 bridgehead atoms. The third-order valence-corrected chi connectivity index (χ3v) is 6.54. The van der Waals surface area contributed by atoms with Crippen molar-refractivity contribution in [1.29, 1.82) is 0 Å². The molecule has 1 aliphatic heterocycles. The number of hydrogen-bond donors (Lipinski definition) is 2. The van der Waals surface area contributed by atoms with Crippen molar-refractivity contribution in [1.82, 2.24) is 25.0 Å². The summed E-state index contributed by atoms with van der Waals surface area (Å²) in [5.41, 5.74) is 2.11. The minimum atomic E-state index is -4.42. The predicted molar refractivity (Wildman–Crippen MR) is 123 cm³/mol. The van der Waals surface area contributed by atoms with Crippen LogP contribution in [0.15, 0.2) is 36.5 Å². The van der Waals surface area contributed by atoms with Gasteiger partial charge in [0.25, 0.3) is 0 Å². The smallest absolute Gasteiger partial charge is 0.382 e. The third kappa shape index (κ3) is 5.47. The molecule has 2 atom stereocenters. The zero-order valence-corrected chi connectivity index (χ0v) is 19.2. The van der Waals surface area contributed by atoms with Gasteiger partial charge < -0.3 is 20.1 Å². The van der Waals surface area contributed by atoms with Crippen LogP contribution in [0.4, 0.5) is 23.2 Å². The van der Waals surface area contributed by atoms with E-state index >= 15 is 0 Å². The van der Waals surface area contributed by atoms with E-state index in [2.05, 4.69) is 27.4 Å². The summed E-state index contributed by atoms with van der Waals surface area (Å²) < 4.78 is 56.2. The van der Waals surface area contributed by atoms with Gasteiger partial charge in [-0.15, -0.1) is 10.2 Å². The lowest BCUT2D eigenvalue weighted by Crippen LogP contribution is -2.46. The summed E-state index contributed by atoms with van der Waals surface area (Å²) in [4.78, 5) is 1.93. The number of alkyl halides is 4. The number of benzene rings is 1. The van der Waals surface area contributed by atoms with Crippen LogP contribution in [0.3, 0.4) is 0 Å². The number of aromatic nitrogens is 3. The Hall–Kier alpha value is -2.66. The summed E-state index contributed by atoms with van der Waals surface area (Å²) in [6.45, 7) is 5.88. The summed E-state index contributed by atoms with van der Waals surface area (Å²) in [6, 6.07) is 6.38. The lowest BCUT2D eigenvalue weighted by atomic mass is 10.0. The number of hydrogen-bond acceptors (Lipinski definition) is 6. The van der Waals surface area contributed by atoms with Gasteiger partial charge in [-0.05, 0) is 38.6 Å². The Balaban J connectivity index is 1.72. The number of allylic oxidation sites excluding steroid dienone is 1. The minimum Gasteiger partial charge on any atom is -0.382 e. The highest BCUT2D eigenvalue weighted by molar-refractivity contribution is 7.14. The maximum absolute atomic E-state index is 14.6. The van der Waals surface area contributed by atoms with E-state index in [-0.39, 0.29) is 0 Å². The van der Waals surface area contributed by atoms with Gasteiger partial charge in [0.1, 0.15) is 17.7 Å². The van der Waals surface area contributed by atoms with Crippen LogP contribution in [0, 0.1) is 0 Å². The average molecular weight is 483 g/mol. The van der Waals surface area contributed by atoms with Crippen LogP contribution < -0.4 is 10.6 Å². The van der Waals surface area contributed by atoms with Crippen molar-refractivity contribution in [2.45, 2.75) is 44.8 Å². The van der Waals surface area contributed by atoms with Gasteiger partial charge in [-0.25, -0.2) is 4.39 Å². The van der Waals surface area contributed by atoms with Crippen molar-refractivity contribution < 1.29 is 17.6 Å². The summed E-state index contributed by atoms with van der Waals surface area (Å²) in [5, 5.41) is 16.2. The predicted octanol–water partition coefficient (Wildman–Crippen LogP) is 4.80. The quantitative estimate of drug-likeness (QED) is 0.474. The normalized spacial score (nSPS) is 19.7. The molecule has 11 heteroatoms. The van der Waals surface area contributed by atoms with Crippen molar-refractivity contribution in [2.75, 3.05) is 25.5 Å². The molecule has 2 aromatic heterocycles. The van der Waals surface area contributed by atoms with Gasteiger partial charge in [0.05, 0.1) is 23.8 Å². The SMILES string of the molecule is C=C(C)NCc1nnc(-c2cc3c(N[C@H]4CCN(C)C[C@H]4F)cccc3n2CC(F)(F)F)s1. The van der Waals surface area contributed by atoms with Gasteiger partial charge in [0.15, 0.2) is 5.01 Å². The van der Waals surface area contributed by atoms with Crippen LogP contribution >= 0.6 is 11.3 Å². The molecule has 0 amide bonds. The highest BCUT2D eigenvalue weighted by Gasteiger charge is 2.32. The molecule has 0 spiro atoms. The summed E-state index contributed by atoms with van der Waals surface area (Å²) in [5.74, 6) is 0. The molecule has 6 nitrogen and oxygen atoms in total. The second kappa shape index (κ2) is 9.30. The first kappa shape index (κ1) is 23.5. The van der Waals surface area contributed by atoms with E-state index in [0.717, 1.165) is 12.2 Å². The Kier molecular flexibility index (Phi) is 6.62. The zero-order valence-electron chi connectivity index (χ0n) is 18.4. The fraction of sp³-hybridized carbons (Fsp3) is 0.455. The highest BCUT2D eigenvalue weighted by Crippen LogP contribution is 2.36. The molecule has 33 heavy (non-hydrogen) atoms. The Bertz CT molecular complexity index is 1140. The van der Waals surface area contributed by atoms with Gasteiger partial charge in [0, 0.05) is 29.9 Å². The summed E-state index contributed by atoms with van der Waals surface area (Å²) in [6.07, 6.45) is -4.88. The first-order valence-corrected chi connectivity index (χ1v) is 11.4. The number of piperidine rings is 1. The first-order chi connectivity index (χ1) is 15.6. The second-order valence-corrected chi connectivity index (χ2v) is 9.48. The number of fused-ring (bicyclic) bond motifs is 1. The maximum Gasteiger partial charge on any atom is 0.406 e. The molecule has 4 rings (SSSR count). The third-order valence-electron chi connectivity index (χ3n) is 5.60. The number of anilines is 1. The van der Waals surface area contributed by atoms with Crippen LogP contribution in [0.5, 0.6) is 0 Å². The number of rotatable bonds is 7. The van der Waals surface area contributed by atoms with E-state index in [1.165, 1.54) is 15.9 Å². The Morgan fingerprint density at radius 2 is 2.09 bits per heavy atom. The van der Waals surface area contributed by atoms with Crippen LogP contribution in [0.2, 0.25) is 0 Å². The lowest BCUT2D eigenvalue weighted by molar-refractivity contribution is -0.139. The van der Waals surface area contributed by atoms with Gasteiger partial charge in [-0.2, -0.15) is 13.2 Å². The van der Waals surface area contributed by atoms with Crippen molar-refractivity contribution in [3.05, 3.63) is 41.5 Å². The highest BCUT2D eigenvalue weighted by atomic mass is 32.1. The maximum atomic E-state index is 14.6. The van der Waals surface area contributed by atoms with Crippen molar-refractivity contribution in [3.8, 4) is 10.7 Å². The molecule has 0 unspecified atom stereocenters. The largest absolute Gasteiger partial charge is 0.406 e.